The third-order valence-corrected chi connectivity index (χ3v) is 2.86. The molecule has 0 aliphatic heterocycles. The summed E-state index contributed by atoms with van der Waals surface area (Å²) in [5.41, 5.74) is -1.13. The highest BCUT2D eigenvalue weighted by Crippen LogP contribution is 2.32. The van der Waals surface area contributed by atoms with Crippen molar-refractivity contribution in [3.8, 4) is 0 Å². The Morgan fingerprint density at radius 3 is 2.58 bits per heavy atom. The van der Waals surface area contributed by atoms with Crippen molar-refractivity contribution in [3.63, 3.8) is 0 Å². The van der Waals surface area contributed by atoms with Crippen molar-refractivity contribution in [3.05, 3.63) is 34.2 Å². The van der Waals surface area contributed by atoms with Gasteiger partial charge in [-0.15, -0.1) is 0 Å². The summed E-state index contributed by atoms with van der Waals surface area (Å²) in [6.07, 6.45) is -4.44. The van der Waals surface area contributed by atoms with E-state index in [4.69, 9.17) is 0 Å². The van der Waals surface area contributed by atoms with Crippen molar-refractivity contribution in [2.75, 3.05) is 12.4 Å². The Labute approximate surface area is 106 Å². The maximum absolute atomic E-state index is 12.7. The summed E-state index contributed by atoms with van der Waals surface area (Å²) in [5.74, 6) is 0.276. The van der Waals surface area contributed by atoms with Crippen LogP contribution >= 0.6 is 0 Å². The highest BCUT2D eigenvalue weighted by Gasteiger charge is 2.31. The fraction of sp³-hybridized carbons (Fsp3) is 0.333. The van der Waals surface area contributed by atoms with E-state index in [0.29, 0.717) is 5.39 Å². The molecule has 2 aromatic rings. The molecule has 0 atom stereocenters. The summed E-state index contributed by atoms with van der Waals surface area (Å²) in [5, 5.41) is 3.20. The molecule has 19 heavy (non-hydrogen) atoms. The number of halogens is 3. The van der Waals surface area contributed by atoms with Crippen LogP contribution in [0.2, 0.25) is 0 Å². The first kappa shape index (κ1) is 13.4. The first-order valence-electron chi connectivity index (χ1n) is 5.68. The van der Waals surface area contributed by atoms with Gasteiger partial charge in [0, 0.05) is 19.0 Å². The minimum absolute atomic E-state index is 0.224. The third-order valence-electron chi connectivity index (χ3n) is 2.86. The van der Waals surface area contributed by atoms with E-state index in [1.165, 1.54) is 10.6 Å². The molecule has 0 aliphatic carbocycles. The lowest BCUT2D eigenvalue weighted by molar-refractivity contribution is -0.137. The molecule has 2 rings (SSSR count). The Balaban J connectivity index is 2.86. The smallest absolute Gasteiger partial charge is 0.372 e. The van der Waals surface area contributed by atoms with Gasteiger partial charge in [0.15, 0.2) is 0 Å². The van der Waals surface area contributed by atoms with Crippen molar-refractivity contribution in [2.45, 2.75) is 19.6 Å². The highest BCUT2D eigenvalue weighted by molar-refractivity contribution is 5.89. The van der Waals surface area contributed by atoms with Gasteiger partial charge in [-0.05, 0) is 25.1 Å². The minimum Gasteiger partial charge on any atom is -0.372 e. The number of alkyl halides is 3. The molecule has 0 bridgehead atoms. The van der Waals surface area contributed by atoms with Crippen LogP contribution < -0.4 is 11.0 Å². The van der Waals surface area contributed by atoms with Crippen molar-refractivity contribution in [1.82, 2.24) is 9.55 Å². The van der Waals surface area contributed by atoms with Gasteiger partial charge in [-0.2, -0.15) is 18.2 Å². The number of anilines is 1. The minimum atomic E-state index is -4.44. The molecule has 0 radical (unpaired) electrons. The molecule has 0 spiro atoms. The Bertz CT molecular complexity index is 676. The highest BCUT2D eigenvalue weighted by atomic mass is 19.4. The Kier molecular flexibility index (Phi) is 3.21. The van der Waals surface area contributed by atoms with E-state index in [2.05, 4.69) is 10.3 Å². The van der Waals surface area contributed by atoms with E-state index < -0.39 is 17.4 Å². The van der Waals surface area contributed by atoms with E-state index in [9.17, 15) is 18.0 Å². The summed E-state index contributed by atoms with van der Waals surface area (Å²) in [4.78, 5) is 15.5. The molecule has 1 N–H and O–H groups in total. The monoisotopic (exact) mass is 271 g/mol. The van der Waals surface area contributed by atoms with Gasteiger partial charge < -0.3 is 5.32 Å². The molecule has 102 valence electrons. The molecule has 0 saturated carbocycles. The number of aromatic nitrogens is 2. The molecule has 0 saturated heterocycles. The molecular weight excluding hydrogens is 259 g/mol. The normalized spacial score (nSPS) is 11.8. The number of hydrogen-bond acceptors (Lipinski definition) is 3. The molecule has 0 unspecified atom stereocenters. The van der Waals surface area contributed by atoms with Gasteiger partial charge in [0.2, 0.25) is 0 Å². The summed E-state index contributed by atoms with van der Waals surface area (Å²) >= 11 is 0. The molecule has 1 aromatic carbocycles. The van der Waals surface area contributed by atoms with Crippen LogP contribution in [0.1, 0.15) is 12.5 Å². The van der Waals surface area contributed by atoms with E-state index in [0.717, 1.165) is 12.1 Å². The second-order valence-corrected chi connectivity index (χ2v) is 3.97. The van der Waals surface area contributed by atoms with Crippen molar-refractivity contribution < 1.29 is 13.2 Å². The van der Waals surface area contributed by atoms with Gasteiger partial charge in [-0.1, -0.05) is 0 Å². The number of benzene rings is 1. The second-order valence-electron chi connectivity index (χ2n) is 3.97. The van der Waals surface area contributed by atoms with Gasteiger partial charge in [0.1, 0.15) is 5.82 Å². The van der Waals surface area contributed by atoms with E-state index in [1.807, 2.05) is 0 Å². The summed E-state index contributed by atoms with van der Waals surface area (Å²) in [6, 6.07) is 3.28. The molecule has 1 aromatic heterocycles. The first-order valence-corrected chi connectivity index (χ1v) is 5.68. The number of nitrogens with zero attached hydrogens (tertiary/aromatic N) is 2. The summed E-state index contributed by atoms with van der Waals surface area (Å²) in [7, 11) is 1.56. The van der Waals surface area contributed by atoms with Crippen LogP contribution in [0.15, 0.2) is 23.0 Å². The zero-order valence-corrected chi connectivity index (χ0v) is 10.4. The lowest BCUT2D eigenvalue weighted by Gasteiger charge is -2.13. The zero-order valence-electron chi connectivity index (χ0n) is 10.4. The van der Waals surface area contributed by atoms with Gasteiger partial charge in [-0.3, -0.25) is 4.57 Å². The first-order chi connectivity index (χ1) is 8.88. The number of fused-ring (bicyclic) bond motifs is 1. The zero-order chi connectivity index (χ0) is 14.2. The molecule has 1 heterocycles. The maximum atomic E-state index is 12.7. The van der Waals surface area contributed by atoms with Crippen molar-refractivity contribution >= 4 is 16.7 Å². The van der Waals surface area contributed by atoms with Gasteiger partial charge in [-0.25, -0.2) is 4.79 Å². The lowest BCUT2D eigenvalue weighted by atomic mass is 10.1. The second kappa shape index (κ2) is 4.56. The predicted molar refractivity (Wildman–Crippen MR) is 66.2 cm³/mol. The SMILES string of the molecule is CCn1c(=O)nc(NC)c2ccc(C(F)(F)F)cc21. The lowest BCUT2D eigenvalue weighted by Crippen LogP contribution is -2.24. The topological polar surface area (TPSA) is 46.9 Å². The van der Waals surface area contributed by atoms with Crippen LogP contribution in [-0.2, 0) is 12.7 Å². The van der Waals surface area contributed by atoms with Gasteiger partial charge in [0.25, 0.3) is 0 Å². The molecular formula is C12H12F3N3O. The largest absolute Gasteiger partial charge is 0.416 e. The van der Waals surface area contributed by atoms with Gasteiger partial charge in [0.05, 0.1) is 11.1 Å². The molecule has 0 amide bonds. The van der Waals surface area contributed by atoms with Crippen LogP contribution in [0.5, 0.6) is 0 Å². The Morgan fingerprint density at radius 1 is 1.37 bits per heavy atom. The fourth-order valence-corrected chi connectivity index (χ4v) is 1.95. The summed E-state index contributed by atoms with van der Waals surface area (Å²) in [6.45, 7) is 1.94. The number of aryl methyl sites for hydroxylation is 1. The molecule has 4 nitrogen and oxygen atoms in total. The van der Waals surface area contributed by atoms with E-state index >= 15 is 0 Å². The number of hydrogen-bond donors (Lipinski definition) is 1. The van der Waals surface area contributed by atoms with Crippen LogP contribution in [0.25, 0.3) is 10.9 Å². The maximum Gasteiger partial charge on any atom is 0.416 e. The van der Waals surface area contributed by atoms with Crippen LogP contribution in [0, 0.1) is 0 Å². The molecule has 7 heteroatoms. The predicted octanol–water partition coefficient (Wildman–Crippen LogP) is 2.48. The summed E-state index contributed by atoms with van der Waals surface area (Å²) < 4.78 is 39.4. The van der Waals surface area contributed by atoms with Crippen LogP contribution in [0.3, 0.4) is 0 Å². The van der Waals surface area contributed by atoms with E-state index in [1.54, 1.807) is 14.0 Å². The third kappa shape index (κ3) is 2.27. The van der Waals surface area contributed by atoms with Crippen molar-refractivity contribution in [1.29, 1.82) is 0 Å². The number of nitrogens with one attached hydrogen (secondary N) is 1. The average Bonchev–Trinajstić information content (AvgIpc) is 2.36. The Morgan fingerprint density at radius 2 is 2.05 bits per heavy atom. The van der Waals surface area contributed by atoms with Crippen LogP contribution in [0.4, 0.5) is 19.0 Å². The standard InChI is InChI=1S/C12H12F3N3O/c1-3-18-9-6-7(12(13,14)15)4-5-8(9)10(16-2)17-11(18)19/h4-6H,3H2,1-2H3,(H,16,17,19). The fourth-order valence-electron chi connectivity index (χ4n) is 1.95. The number of rotatable bonds is 2. The average molecular weight is 271 g/mol. The molecule has 0 fully saturated rings. The van der Waals surface area contributed by atoms with Gasteiger partial charge >= 0.3 is 11.9 Å². The molecule has 0 aliphatic rings. The quantitative estimate of drug-likeness (QED) is 0.912. The van der Waals surface area contributed by atoms with Crippen LogP contribution in [-0.4, -0.2) is 16.6 Å². The van der Waals surface area contributed by atoms with E-state index in [-0.39, 0.29) is 17.9 Å². The Hall–Kier alpha value is -2.05. The van der Waals surface area contributed by atoms with Crippen molar-refractivity contribution in [2.24, 2.45) is 0 Å².